The van der Waals surface area contributed by atoms with Gasteiger partial charge in [-0.2, -0.15) is 0 Å². The van der Waals surface area contributed by atoms with Gasteiger partial charge in [-0.25, -0.2) is 0 Å². The summed E-state index contributed by atoms with van der Waals surface area (Å²) in [4.78, 5) is 4.27. The zero-order valence-corrected chi connectivity index (χ0v) is 12.4. The van der Waals surface area contributed by atoms with Gasteiger partial charge in [0.05, 0.1) is 9.16 Å². The van der Waals surface area contributed by atoms with Crippen LogP contribution in [-0.2, 0) is 0 Å². The predicted octanol–water partition coefficient (Wildman–Crippen LogP) is 5.56. The zero-order valence-electron chi connectivity index (χ0n) is 8.38. The second-order valence-corrected chi connectivity index (χ2v) is 7.50. The van der Waals surface area contributed by atoms with Crippen LogP contribution in [0.4, 0.5) is 0 Å². The molecule has 80 valence electrons. The van der Waals surface area contributed by atoms with E-state index in [-0.39, 0.29) is 4.83 Å². The van der Waals surface area contributed by atoms with Crippen molar-refractivity contribution in [2.24, 2.45) is 0 Å². The van der Waals surface area contributed by atoms with Crippen LogP contribution in [-0.4, -0.2) is 0 Å². The van der Waals surface area contributed by atoms with Crippen molar-refractivity contribution in [3.05, 3.63) is 42.7 Å². The van der Waals surface area contributed by atoms with E-state index in [9.17, 15) is 0 Å². The van der Waals surface area contributed by atoms with Crippen molar-refractivity contribution in [3.8, 4) is 0 Å². The van der Waals surface area contributed by atoms with E-state index in [1.807, 2.05) is 17.4 Å². The minimum Gasteiger partial charge on any atom is -0.146 e. The first-order valence-electron chi connectivity index (χ1n) is 4.54. The van der Waals surface area contributed by atoms with Crippen LogP contribution in [0.3, 0.4) is 0 Å². The number of aryl methyl sites for hydroxylation is 2. The summed E-state index contributed by atoms with van der Waals surface area (Å²) in [6.07, 6.45) is 0. The molecule has 0 aliphatic heterocycles. The Labute approximate surface area is 111 Å². The SMILES string of the molecule is Cc1cc(C(Br)c2ccc(Cl)s2)c(C)s1. The van der Waals surface area contributed by atoms with E-state index in [2.05, 4.69) is 41.9 Å². The molecular formula is C11H10BrClS2. The molecule has 2 aromatic rings. The van der Waals surface area contributed by atoms with Crippen LogP contribution in [0, 0.1) is 13.8 Å². The van der Waals surface area contributed by atoms with E-state index in [0.29, 0.717) is 0 Å². The topological polar surface area (TPSA) is 0 Å². The van der Waals surface area contributed by atoms with Crippen molar-refractivity contribution in [3.63, 3.8) is 0 Å². The molecule has 0 N–H and O–H groups in total. The molecule has 2 aromatic heterocycles. The summed E-state index contributed by atoms with van der Waals surface area (Å²) in [5, 5.41) is 0. The van der Waals surface area contributed by atoms with Gasteiger partial charge in [0.2, 0.25) is 0 Å². The predicted molar refractivity (Wildman–Crippen MR) is 73.9 cm³/mol. The van der Waals surface area contributed by atoms with Crippen molar-refractivity contribution in [2.75, 3.05) is 0 Å². The Hall–Kier alpha value is 0.170. The summed E-state index contributed by atoms with van der Waals surface area (Å²) < 4.78 is 0.846. The maximum absolute atomic E-state index is 5.94. The third kappa shape index (κ3) is 2.47. The summed E-state index contributed by atoms with van der Waals surface area (Å²) in [5.74, 6) is 0. The lowest BCUT2D eigenvalue weighted by Crippen LogP contribution is -1.88. The van der Waals surface area contributed by atoms with Crippen LogP contribution in [0.15, 0.2) is 18.2 Å². The highest BCUT2D eigenvalue weighted by molar-refractivity contribution is 9.09. The van der Waals surface area contributed by atoms with Crippen molar-refractivity contribution in [2.45, 2.75) is 18.7 Å². The average molecular weight is 322 g/mol. The minimum atomic E-state index is 0.278. The second-order valence-electron chi connectivity index (χ2n) is 3.37. The van der Waals surface area contributed by atoms with Gasteiger partial charge in [0.25, 0.3) is 0 Å². The summed E-state index contributed by atoms with van der Waals surface area (Å²) in [7, 11) is 0. The molecule has 2 rings (SSSR count). The Kier molecular flexibility index (Phi) is 3.56. The van der Waals surface area contributed by atoms with E-state index in [0.717, 1.165) is 4.34 Å². The number of alkyl halides is 1. The Morgan fingerprint density at radius 2 is 2.00 bits per heavy atom. The van der Waals surface area contributed by atoms with Crippen LogP contribution >= 0.6 is 50.2 Å². The smallest absolute Gasteiger partial charge is 0.0931 e. The molecule has 0 radical (unpaired) electrons. The van der Waals surface area contributed by atoms with Gasteiger partial charge in [0, 0.05) is 14.6 Å². The maximum atomic E-state index is 5.94. The van der Waals surface area contributed by atoms with Gasteiger partial charge in [-0.15, -0.1) is 22.7 Å². The molecule has 1 atom stereocenters. The van der Waals surface area contributed by atoms with E-state index < -0.39 is 0 Å². The highest BCUT2D eigenvalue weighted by atomic mass is 79.9. The number of halogens is 2. The third-order valence-electron chi connectivity index (χ3n) is 2.20. The monoisotopic (exact) mass is 320 g/mol. The number of hydrogen-bond acceptors (Lipinski definition) is 2. The lowest BCUT2D eigenvalue weighted by Gasteiger charge is -2.06. The summed E-state index contributed by atoms with van der Waals surface area (Å²) in [6, 6.07) is 6.27. The van der Waals surface area contributed by atoms with Crippen LogP contribution in [0.25, 0.3) is 0 Å². The Bertz CT molecular complexity index is 473. The lowest BCUT2D eigenvalue weighted by molar-refractivity contribution is 1.21. The minimum absolute atomic E-state index is 0.278. The number of thiophene rings is 2. The molecular weight excluding hydrogens is 312 g/mol. The van der Waals surface area contributed by atoms with Gasteiger partial charge >= 0.3 is 0 Å². The number of rotatable bonds is 2. The molecule has 1 unspecified atom stereocenters. The highest BCUT2D eigenvalue weighted by Gasteiger charge is 2.16. The molecule has 4 heteroatoms. The van der Waals surface area contributed by atoms with Gasteiger partial charge in [0.1, 0.15) is 0 Å². The van der Waals surface area contributed by atoms with Gasteiger partial charge in [-0.05, 0) is 37.6 Å². The summed E-state index contributed by atoms with van der Waals surface area (Å²) in [5.41, 5.74) is 1.36. The van der Waals surface area contributed by atoms with Crippen molar-refractivity contribution in [1.29, 1.82) is 0 Å². The third-order valence-corrected chi connectivity index (χ3v) is 5.76. The molecule has 0 spiro atoms. The molecule has 0 fully saturated rings. The molecule has 15 heavy (non-hydrogen) atoms. The first-order valence-corrected chi connectivity index (χ1v) is 7.47. The first kappa shape index (κ1) is 11.6. The van der Waals surface area contributed by atoms with Crippen molar-refractivity contribution < 1.29 is 0 Å². The van der Waals surface area contributed by atoms with Gasteiger partial charge in [0.15, 0.2) is 0 Å². The number of hydrogen-bond donors (Lipinski definition) is 0. The van der Waals surface area contributed by atoms with E-state index in [1.165, 1.54) is 20.2 Å². The average Bonchev–Trinajstić information content (AvgIpc) is 2.71. The molecule has 0 saturated heterocycles. The largest absolute Gasteiger partial charge is 0.146 e. The fraction of sp³-hybridized carbons (Fsp3) is 0.273. The molecule has 0 aromatic carbocycles. The fourth-order valence-electron chi connectivity index (χ4n) is 1.52. The van der Waals surface area contributed by atoms with Crippen molar-refractivity contribution in [1.82, 2.24) is 0 Å². The quantitative estimate of drug-likeness (QED) is 0.635. The van der Waals surface area contributed by atoms with Crippen LogP contribution < -0.4 is 0 Å². The van der Waals surface area contributed by atoms with Crippen molar-refractivity contribution >= 4 is 50.2 Å². The zero-order chi connectivity index (χ0) is 11.0. The molecule has 0 nitrogen and oxygen atoms in total. The molecule has 0 aliphatic carbocycles. The normalized spacial score (nSPS) is 13.1. The second kappa shape index (κ2) is 4.58. The molecule has 0 saturated carbocycles. The van der Waals surface area contributed by atoms with Gasteiger partial charge in [-0.3, -0.25) is 0 Å². The standard InChI is InChI=1S/C11H10BrClS2/c1-6-5-8(7(2)14-6)11(12)9-3-4-10(13)15-9/h3-5,11H,1-2H3. The summed E-state index contributed by atoms with van der Waals surface area (Å²) in [6.45, 7) is 4.30. The lowest BCUT2D eigenvalue weighted by atomic mass is 10.1. The summed E-state index contributed by atoms with van der Waals surface area (Å²) >= 11 is 13.1. The Balaban J connectivity index is 2.35. The van der Waals surface area contributed by atoms with Crippen LogP contribution in [0.2, 0.25) is 4.34 Å². The molecule has 0 aliphatic rings. The van der Waals surface area contributed by atoms with Crippen LogP contribution in [0.5, 0.6) is 0 Å². The van der Waals surface area contributed by atoms with E-state index in [1.54, 1.807) is 11.3 Å². The van der Waals surface area contributed by atoms with E-state index in [4.69, 9.17) is 11.6 Å². The van der Waals surface area contributed by atoms with E-state index >= 15 is 0 Å². The highest BCUT2D eigenvalue weighted by Crippen LogP contribution is 2.40. The van der Waals surface area contributed by atoms with Gasteiger partial charge < -0.3 is 0 Å². The fourth-order valence-corrected chi connectivity index (χ4v) is 4.60. The Morgan fingerprint density at radius 3 is 2.47 bits per heavy atom. The van der Waals surface area contributed by atoms with Gasteiger partial charge in [-0.1, -0.05) is 27.5 Å². The molecule has 0 amide bonds. The van der Waals surface area contributed by atoms with Crippen LogP contribution in [0.1, 0.15) is 25.0 Å². The molecule has 0 bridgehead atoms. The first-order chi connectivity index (χ1) is 7.08. The molecule has 2 heterocycles. The maximum Gasteiger partial charge on any atom is 0.0931 e. The Morgan fingerprint density at radius 1 is 1.27 bits per heavy atom.